The van der Waals surface area contributed by atoms with Gasteiger partial charge in [-0.25, -0.2) is 9.97 Å². The van der Waals surface area contributed by atoms with Gasteiger partial charge >= 0.3 is 0 Å². The predicted octanol–water partition coefficient (Wildman–Crippen LogP) is -2.10. The highest BCUT2D eigenvalue weighted by molar-refractivity contribution is 5.81. The summed E-state index contributed by atoms with van der Waals surface area (Å²) in [5.74, 6) is 0.581. The summed E-state index contributed by atoms with van der Waals surface area (Å²) >= 11 is 0. The predicted molar refractivity (Wildman–Crippen MR) is 70.5 cm³/mol. The van der Waals surface area contributed by atoms with Gasteiger partial charge in [0.25, 0.3) is 0 Å². The minimum absolute atomic E-state index is 0.353. The van der Waals surface area contributed by atoms with E-state index in [4.69, 9.17) is 9.84 Å². The molecule has 114 valence electrons. The van der Waals surface area contributed by atoms with Crippen molar-refractivity contribution in [3.05, 3.63) is 6.33 Å². The molecular formula is C11H16N6O4. The molecule has 21 heavy (non-hydrogen) atoms. The smallest absolute Gasteiger partial charge is 0.207 e. The fourth-order valence-electron chi connectivity index (χ4n) is 2.26. The van der Waals surface area contributed by atoms with E-state index in [1.54, 1.807) is 4.90 Å². The molecule has 4 atom stereocenters. The van der Waals surface area contributed by atoms with E-state index in [-0.39, 0.29) is 0 Å². The second kappa shape index (κ2) is 5.15. The van der Waals surface area contributed by atoms with Gasteiger partial charge in [0.1, 0.15) is 24.6 Å². The van der Waals surface area contributed by atoms with Crippen molar-refractivity contribution in [2.75, 3.05) is 25.6 Å². The van der Waals surface area contributed by atoms with E-state index in [1.165, 1.54) is 6.33 Å². The maximum atomic E-state index is 9.98. The van der Waals surface area contributed by atoms with Gasteiger partial charge in [0, 0.05) is 14.1 Å². The van der Waals surface area contributed by atoms with E-state index in [9.17, 15) is 10.2 Å². The van der Waals surface area contributed by atoms with Crippen molar-refractivity contribution < 1.29 is 20.1 Å². The Hall–Kier alpha value is -1.88. The Balaban J connectivity index is 2.00. The molecule has 2 aromatic heterocycles. The average Bonchev–Trinajstić information content (AvgIpc) is 3.01. The highest BCUT2D eigenvalue weighted by atomic mass is 16.6. The van der Waals surface area contributed by atoms with E-state index in [0.29, 0.717) is 17.0 Å². The zero-order valence-electron chi connectivity index (χ0n) is 11.5. The van der Waals surface area contributed by atoms with Gasteiger partial charge in [-0.1, -0.05) is 0 Å². The lowest BCUT2D eigenvalue weighted by molar-refractivity contribution is -0.0650. The number of aliphatic hydroxyl groups is 3. The third kappa shape index (κ3) is 2.21. The van der Waals surface area contributed by atoms with Gasteiger partial charge in [0.2, 0.25) is 5.65 Å². The Bertz CT molecular complexity index is 647. The van der Waals surface area contributed by atoms with Crippen LogP contribution in [0.2, 0.25) is 0 Å². The highest BCUT2D eigenvalue weighted by Gasteiger charge is 2.44. The lowest BCUT2D eigenvalue weighted by atomic mass is 10.1. The first-order valence-corrected chi connectivity index (χ1v) is 6.40. The number of rotatable bonds is 3. The number of ether oxygens (including phenoxy) is 1. The lowest BCUT2D eigenvalue weighted by Gasteiger charge is -2.13. The molecule has 3 rings (SSSR count). The van der Waals surface area contributed by atoms with Gasteiger partial charge in [0.05, 0.1) is 6.61 Å². The van der Waals surface area contributed by atoms with Crippen LogP contribution in [0.4, 0.5) is 5.82 Å². The first-order valence-electron chi connectivity index (χ1n) is 6.40. The Labute approximate surface area is 119 Å². The molecular weight excluding hydrogens is 280 g/mol. The molecule has 1 fully saturated rings. The summed E-state index contributed by atoms with van der Waals surface area (Å²) in [7, 11) is 3.63. The largest absolute Gasteiger partial charge is 0.394 e. The fraction of sp³-hybridized carbons (Fsp3) is 0.636. The molecule has 3 N–H and O–H groups in total. The molecule has 10 nitrogen and oxygen atoms in total. The summed E-state index contributed by atoms with van der Waals surface area (Å²) in [6.45, 7) is -0.404. The Kier molecular flexibility index (Phi) is 3.45. The van der Waals surface area contributed by atoms with Crippen molar-refractivity contribution >= 4 is 17.0 Å². The van der Waals surface area contributed by atoms with Crippen LogP contribution in [0.5, 0.6) is 0 Å². The molecule has 0 aromatic carbocycles. The van der Waals surface area contributed by atoms with Crippen molar-refractivity contribution in [2.24, 2.45) is 0 Å². The van der Waals surface area contributed by atoms with E-state index in [1.807, 2.05) is 14.1 Å². The van der Waals surface area contributed by atoms with Crippen LogP contribution in [0, 0.1) is 0 Å². The van der Waals surface area contributed by atoms with Gasteiger partial charge in [-0.2, -0.15) is 0 Å². The zero-order valence-corrected chi connectivity index (χ0v) is 11.5. The van der Waals surface area contributed by atoms with E-state index >= 15 is 0 Å². The molecule has 10 heteroatoms. The molecule has 1 aliphatic rings. The van der Waals surface area contributed by atoms with Crippen LogP contribution >= 0.6 is 0 Å². The van der Waals surface area contributed by atoms with Crippen molar-refractivity contribution in [1.82, 2.24) is 25.0 Å². The van der Waals surface area contributed by atoms with Gasteiger partial charge in [-0.3, -0.25) is 0 Å². The van der Waals surface area contributed by atoms with Gasteiger partial charge < -0.3 is 25.0 Å². The van der Waals surface area contributed by atoms with Crippen molar-refractivity contribution in [2.45, 2.75) is 24.5 Å². The molecule has 0 spiro atoms. The summed E-state index contributed by atoms with van der Waals surface area (Å²) in [4.78, 5) is 11.0. The third-order valence-electron chi connectivity index (χ3n) is 3.35. The van der Waals surface area contributed by atoms with Crippen molar-refractivity contribution in [3.8, 4) is 0 Å². The number of aliphatic hydroxyl groups excluding tert-OH is 3. The van der Waals surface area contributed by atoms with Crippen molar-refractivity contribution in [1.29, 1.82) is 0 Å². The van der Waals surface area contributed by atoms with Crippen LogP contribution in [0.25, 0.3) is 11.2 Å². The van der Waals surface area contributed by atoms with Crippen LogP contribution in [-0.2, 0) is 4.74 Å². The second-order valence-electron chi connectivity index (χ2n) is 5.01. The quantitative estimate of drug-likeness (QED) is 0.583. The molecule has 0 saturated carbocycles. The summed E-state index contributed by atoms with van der Waals surface area (Å²) < 4.78 is 5.38. The summed E-state index contributed by atoms with van der Waals surface area (Å²) in [5.41, 5.74) is 0.812. The van der Waals surface area contributed by atoms with Gasteiger partial charge in [0.15, 0.2) is 17.6 Å². The zero-order chi connectivity index (χ0) is 15.1. The maximum Gasteiger partial charge on any atom is 0.207 e. The van der Waals surface area contributed by atoms with Gasteiger partial charge in [-0.15, -0.1) is 15.0 Å². The number of anilines is 1. The average molecular weight is 296 g/mol. The third-order valence-corrected chi connectivity index (χ3v) is 3.35. The normalized spacial score (nSPS) is 29.2. The molecule has 1 aliphatic heterocycles. The van der Waals surface area contributed by atoms with E-state index in [0.717, 1.165) is 4.80 Å². The number of hydrogen-bond donors (Lipinski definition) is 3. The summed E-state index contributed by atoms with van der Waals surface area (Å²) in [6, 6.07) is 0. The number of hydrogen-bond acceptors (Lipinski definition) is 9. The van der Waals surface area contributed by atoms with Crippen molar-refractivity contribution in [3.63, 3.8) is 0 Å². The summed E-state index contributed by atoms with van der Waals surface area (Å²) in [5, 5.41) is 37.2. The maximum absolute atomic E-state index is 9.98. The monoisotopic (exact) mass is 296 g/mol. The summed E-state index contributed by atoms with van der Waals surface area (Å²) in [6.07, 6.45) is -2.93. The molecule has 0 radical (unpaired) electrons. The number of nitrogens with zero attached hydrogens (tertiary/aromatic N) is 6. The Morgan fingerprint density at radius 3 is 2.62 bits per heavy atom. The molecule has 3 heterocycles. The standard InChI is InChI=1S/C11H16N6O4/c1-16(2)10-6-9(12-4-13-10)15-17(14-6)11-8(20)7(19)5(3-18)21-11/h4-5,7-8,11,18-20H,3H2,1-2H3/t5-,7+,8-,11-/m0/s1. The second-order valence-corrected chi connectivity index (χ2v) is 5.01. The Morgan fingerprint density at radius 2 is 2.00 bits per heavy atom. The lowest BCUT2D eigenvalue weighted by Crippen LogP contribution is -2.33. The fourth-order valence-corrected chi connectivity index (χ4v) is 2.26. The minimum Gasteiger partial charge on any atom is -0.394 e. The topological polar surface area (TPSA) is 130 Å². The molecule has 1 saturated heterocycles. The molecule has 0 bridgehead atoms. The van der Waals surface area contributed by atoms with Crippen LogP contribution in [0.1, 0.15) is 6.23 Å². The molecule has 2 aromatic rings. The number of aromatic nitrogens is 5. The van der Waals surface area contributed by atoms with Crippen LogP contribution in [0.3, 0.4) is 0 Å². The van der Waals surface area contributed by atoms with Gasteiger partial charge in [-0.05, 0) is 0 Å². The first kappa shape index (κ1) is 14.1. The minimum atomic E-state index is -1.24. The molecule has 0 aliphatic carbocycles. The Morgan fingerprint density at radius 1 is 1.24 bits per heavy atom. The SMILES string of the molecule is CN(C)c1ncnc2nn([C@H]3O[C@@H](CO)[C@@H](O)[C@@H]3O)nc12. The number of fused-ring (bicyclic) bond motifs is 1. The highest BCUT2D eigenvalue weighted by Crippen LogP contribution is 2.29. The van der Waals surface area contributed by atoms with Crippen LogP contribution in [-0.4, -0.2) is 79.3 Å². The molecule has 0 amide bonds. The van der Waals surface area contributed by atoms with Crippen LogP contribution in [0.15, 0.2) is 6.33 Å². The van der Waals surface area contributed by atoms with Crippen LogP contribution < -0.4 is 4.90 Å². The van der Waals surface area contributed by atoms with E-state index in [2.05, 4.69) is 20.2 Å². The first-order chi connectivity index (χ1) is 10.0. The van der Waals surface area contributed by atoms with E-state index < -0.39 is 31.1 Å². The molecule has 0 unspecified atom stereocenters.